The molecule has 4 heteroatoms. The van der Waals surface area contributed by atoms with Gasteiger partial charge in [-0.15, -0.1) is 0 Å². The maximum absolute atomic E-state index is 13.6. The molecule has 3 aromatic carbocycles. The molecular formula is C25H24FNO2. The first kappa shape index (κ1) is 19.3. The van der Waals surface area contributed by atoms with Crippen molar-refractivity contribution in [3.63, 3.8) is 0 Å². The monoisotopic (exact) mass is 389 g/mol. The molecule has 0 aliphatic carbocycles. The van der Waals surface area contributed by atoms with Gasteiger partial charge >= 0.3 is 0 Å². The minimum atomic E-state index is -0.403. The standard InChI is InChI=1S/C25H24FNO2/c26-22-15-13-21(14-16-22)25(29-18-19-8-3-1-4-9-19)24(20-10-5-2-6-11-20)27-17-7-12-23(27)28/h1-6,8-11,13-16,24-25H,7,12,17-18H2/t24?,25-/m0/s1. The van der Waals surface area contributed by atoms with Gasteiger partial charge in [0.05, 0.1) is 12.6 Å². The number of hydrogen-bond acceptors (Lipinski definition) is 2. The Kier molecular flexibility index (Phi) is 6.01. The van der Waals surface area contributed by atoms with Gasteiger partial charge in [0, 0.05) is 13.0 Å². The number of carbonyl (C=O) groups excluding carboxylic acids is 1. The predicted molar refractivity (Wildman–Crippen MR) is 111 cm³/mol. The lowest BCUT2D eigenvalue weighted by Crippen LogP contribution is -2.35. The highest BCUT2D eigenvalue weighted by molar-refractivity contribution is 5.78. The van der Waals surface area contributed by atoms with Gasteiger partial charge in [-0.1, -0.05) is 72.8 Å². The largest absolute Gasteiger partial charge is 0.366 e. The van der Waals surface area contributed by atoms with E-state index in [4.69, 9.17) is 4.74 Å². The van der Waals surface area contributed by atoms with Crippen LogP contribution in [0.5, 0.6) is 0 Å². The summed E-state index contributed by atoms with van der Waals surface area (Å²) in [6, 6.07) is 26.0. The number of benzene rings is 3. The molecule has 1 saturated heterocycles. The van der Waals surface area contributed by atoms with E-state index in [1.54, 1.807) is 12.1 Å². The summed E-state index contributed by atoms with van der Waals surface area (Å²) in [5.41, 5.74) is 2.93. The average molecular weight is 389 g/mol. The third-order valence-corrected chi connectivity index (χ3v) is 5.34. The molecule has 3 nitrogen and oxygen atoms in total. The molecule has 1 amide bonds. The van der Waals surface area contributed by atoms with Crippen molar-refractivity contribution in [2.75, 3.05) is 6.54 Å². The minimum absolute atomic E-state index is 0.134. The van der Waals surface area contributed by atoms with E-state index in [9.17, 15) is 9.18 Å². The van der Waals surface area contributed by atoms with E-state index in [-0.39, 0.29) is 17.8 Å². The lowest BCUT2D eigenvalue weighted by atomic mass is 9.94. The van der Waals surface area contributed by atoms with E-state index in [2.05, 4.69) is 0 Å². The van der Waals surface area contributed by atoms with Gasteiger partial charge in [-0.05, 0) is 35.2 Å². The number of halogens is 1. The van der Waals surface area contributed by atoms with Crippen molar-refractivity contribution < 1.29 is 13.9 Å². The summed E-state index contributed by atoms with van der Waals surface area (Å²) < 4.78 is 20.0. The van der Waals surface area contributed by atoms with E-state index < -0.39 is 6.10 Å². The van der Waals surface area contributed by atoms with Crippen LogP contribution in [-0.4, -0.2) is 17.4 Å². The van der Waals surface area contributed by atoms with Crippen LogP contribution in [0.1, 0.15) is 41.7 Å². The number of nitrogens with zero attached hydrogens (tertiary/aromatic N) is 1. The molecule has 1 heterocycles. The zero-order chi connectivity index (χ0) is 20.1. The third-order valence-electron chi connectivity index (χ3n) is 5.34. The van der Waals surface area contributed by atoms with Crippen LogP contribution in [0.25, 0.3) is 0 Å². The summed E-state index contributed by atoms with van der Waals surface area (Å²) in [6.07, 6.45) is 0.995. The fourth-order valence-corrected chi connectivity index (χ4v) is 3.91. The van der Waals surface area contributed by atoms with Crippen molar-refractivity contribution in [2.45, 2.75) is 31.6 Å². The lowest BCUT2D eigenvalue weighted by Gasteiger charge is -2.35. The van der Waals surface area contributed by atoms with E-state index in [1.807, 2.05) is 65.6 Å². The molecule has 29 heavy (non-hydrogen) atoms. The molecular weight excluding hydrogens is 365 g/mol. The van der Waals surface area contributed by atoms with E-state index >= 15 is 0 Å². The van der Waals surface area contributed by atoms with Crippen LogP contribution in [0.3, 0.4) is 0 Å². The van der Waals surface area contributed by atoms with E-state index in [0.717, 1.165) is 23.1 Å². The minimum Gasteiger partial charge on any atom is -0.366 e. The van der Waals surface area contributed by atoms with Crippen molar-refractivity contribution in [1.82, 2.24) is 4.90 Å². The highest BCUT2D eigenvalue weighted by Gasteiger charge is 2.36. The Balaban J connectivity index is 1.72. The SMILES string of the molecule is O=C1CCCN1C(c1ccccc1)[C@@H](OCc1ccccc1)c1ccc(F)cc1. The first-order valence-corrected chi connectivity index (χ1v) is 9.98. The molecule has 0 aromatic heterocycles. The molecule has 1 unspecified atom stereocenters. The van der Waals surface area contributed by atoms with Gasteiger partial charge in [-0.25, -0.2) is 4.39 Å². The molecule has 1 fully saturated rings. The Morgan fingerprint density at radius 1 is 0.862 bits per heavy atom. The molecule has 148 valence electrons. The zero-order valence-corrected chi connectivity index (χ0v) is 16.2. The van der Waals surface area contributed by atoms with Crippen LogP contribution >= 0.6 is 0 Å². The summed E-state index contributed by atoms with van der Waals surface area (Å²) in [4.78, 5) is 14.6. The van der Waals surface area contributed by atoms with Crippen LogP contribution in [-0.2, 0) is 16.1 Å². The van der Waals surface area contributed by atoms with E-state index in [0.29, 0.717) is 19.6 Å². The Hall–Kier alpha value is -2.98. The first-order valence-electron chi connectivity index (χ1n) is 9.98. The van der Waals surface area contributed by atoms with Gasteiger partial charge < -0.3 is 9.64 Å². The van der Waals surface area contributed by atoms with Crippen molar-refractivity contribution >= 4 is 5.91 Å². The second-order valence-corrected chi connectivity index (χ2v) is 7.31. The van der Waals surface area contributed by atoms with Gasteiger partial charge in [0.2, 0.25) is 5.91 Å². The lowest BCUT2D eigenvalue weighted by molar-refractivity contribution is -0.134. The quantitative estimate of drug-likeness (QED) is 0.538. The molecule has 3 aromatic rings. The van der Waals surface area contributed by atoms with Crippen LogP contribution in [0.15, 0.2) is 84.9 Å². The smallest absolute Gasteiger partial charge is 0.223 e. The van der Waals surface area contributed by atoms with Crippen molar-refractivity contribution in [3.8, 4) is 0 Å². The fraction of sp³-hybridized carbons (Fsp3) is 0.240. The number of carbonyl (C=O) groups is 1. The Labute approximate surface area is 170 Å². The molecule has 0 radical (unpaired) electrons. The second kappa shape index (κ2) is 9.01. The highest BCUT2D eigenvalue weighted by Crippen LogP contribution is 2.39. The summed E-state index contributed by atoms with van der Waals surface area (Å²) in [5, 5.41) is 0. The zero-order valence-electron chi connectivity index (χ0n) is 16.2. The van der Waals surface area contributed by atoms with Crippen molar-refractivity contribution in [3.05, 3.63) is 107 Å². The van der Waals surface area contributed by atoms with E-state index in [1.165, 1.54) is 12.1 Å². The average Bonchev–Trinajstić information content (AvgIpc) is 3.18. The Bertz CT molecular complexity index is 928. The van der Waals surface area contributed by atoms with Gasteiger partial charge in [0.1, 0.15) is 11.9 Å². The van der Waals surface area contributed by atoms with Crippen molar-refractivity contribution in [1.29, 1.82) is 0 Å². The normalized spacial score (nSPS) is 16.0. The maximum atomic E-state index is 13.6. The van der Waals surface area contributed by atoms with Gasteiger partial charge in [0.15, 0.2) is 0 Å². The molecule has 0 bridgehead atoms. The first-order chi connectivity index (χ1) is 14.2. The van der Waals surface area contributed by atoms with Crippen LogP contribution in [0, 0.1) is 5.82 Å². The Morgan fingerprint density at radius 3 is 2.14 bits per heavy atom. The molecule has 1 aliphatic rings. The van der Waals surface area contributed by atoms with Crippen LogP contribution in [0.4, 0.5) is 4.39 Å². The predicted octanol–water partition coefficient (Wildman–Crippen LogP) is 5.45. The maximum Gasteiger partial charge on any atom is 0.223 e. The molecule has 0 N–H and O–H groups in total. The summed E-state index contributed by atoms with van der Waals surface area (Å²) in [5.74, 6) is -0.154. The Morgan fingerprint density at radius 2 is 1.52 bits per heavy atom. The van der Waals surface area contributed by atoms with Crippen LogP contribution in [0.2, 0.25) is 0 Å². The topological polar surface area (TPSA) is 29.5 Å². The fourth-order valence-electron chi connectivity index (χ4n) is 3.91. The van der Waals surface area contributed by atoms with Crippen molar-refractivity contribution in [2.24, 2.45) is 0 Å². The number of amides is 1. The van der Waals surface area contributed by atoms with Crippen LogP contribution < -0.4 is 0 Å². The third kappa shape index (κ3) is 4.54. The summed E-state index contributed by atoms with van der Waals surface area (Å²) in [7, 11) is 0. The summed E-state index contributed by atoms with van der Waals surface area (Å²) >= 11 is 0. The molecule has 0 spiro atoms. The highest BCUT2D eigenvalue weighted by atomic mass is 19.1. The molecule has 2 atom stereocenters. The molecule has 1 aliphatic heterocycles. The number of ether oxygens (including phenoxy) is 1. The summed E-state index contributed by atoms with van der Waals surface area (Å²) in [6.45, 7) is 1.11. The van der Waals surface area contributed by atoms with Gasteiger partial charge in [0.25, 0.3) is 0 Å². The second-order valence-electron chi connectivity index (χ2n) is 7.31. The molecule has 0 saturated carbocycles. The number of hydrogen-bond donors (Lipinski definition) is 0. The van der Waals surface area contributed by atoms with Gasteiger partial charge in [-0.3, -0.25) is 4.79 Å². The number of rotatable bonds is 7. The molecule has 4 rings (SSSR count). The van der Waals surface area contributed by atoms with Gasteiger partial charge in [-0.2, -0.15) is 0 Å². The number of likely N-dealkylation sites (tertiary alicyclic amines) is 1.